The minimum atomic E-state index is -3.95. The van der Waals surface area contributed by atoms with Crippen LogP contribution in [-0.2, 0) is 25.9 Å². The van der Waals surface area contributed by atoms with Crippen LogP contribution < -0.4 is 10.6 Å². The molecule has 1 aromatic heterocycles. The van der Waals surface area contributed by atoms with E-state index in [0.29, 0.717) is 44.1 Å². The number of carbonyl (C=O) groups excluding carboxylic acids is 1. The molecule has 1 atom stereocenters. The van der Waals surface area contributed by atoms with Crippen LogP contribution in [0.5, 0.6) is 0 Å². The largest absolute Gasteiger partial charge is 0.425 e. The predicted octanol–water partition coefficient (Wildman–Crippen LogP) is 1.26. The molecular formula is C19H22N4O5S. The van der Waals surface area contributed by atoms with Crippen molar-refractivity contribution >= 4 is 21.9 Å². The number of sulfonamides is 1. The van der Waals surface area contributed by atoms with Gasteiger partial charge in [-0.15, -0.1) is 0 Å². The van der Waals surface area contributed by atoms with Crippen LogP contribution in [0.25, 0.3) is 0 Å². The van der Waals surface area contributed by atoms with Gasteiger partial charge in [-0.3, -0.25) is 0 Å². The van der Waals surface area contributed by atoms with Gasteiger partial charge in [0.15, 0.2) is 6.23 Å². The Balaban J connectivity index is 1.64. The van der Waals surface area contributed by atoms with Gasteiger partial charge in [0.05, 0.1) is 13.2 Å². The number of amides is 1. The number of pyridine rings is 1. The Labute approximate surface area is 169 Å². The quantitative estimate of drug-likeness (QED) is 0.795. The number of ether oxygens (including phenoxy) is 2. The lowest BCUT2D eigenvalue weighted by atomic mass is 10.00. The van der Waals surface area contributed by atoms with Gasteiger partial charge in [0.2, 0.25) is 10.0 Å². The normalized spacial score (nSPS) is 20.1. The van der Waals surface area contributed by atoms with E-state index in [9.17, 15) is 13.2 Å². The first-order valence-corrected chi connectivity index (χ1v) is 10.8. The average molecular weight is 418 g/mol. The monoisotopic (exact) mass is 418 g/mol. The van der Waals surface area contributed by atoms with Gasteiger partial charge in [-0.05, 0) is 24.1 Å². The van der Waals surface area contributed by atoms with Gasteiger partial charge in [-0.25, -0.2) is 18.2 Å². The number of rotatable bonds is 4. The molecule has 0 spiro atoms. The third-order valence-electron chi connectivity index (χ3n) is 5.07. The molecule has 2 aliphatic heterocycles. The number of nitrogens with zero attached hydrogens (tertiary/aromatic N) is 3. The van der Waals surface area contributed by atoms with Gasteiger partial charge in [-0.2, -0.15) is 4.31 Å². The molecule has 0 unspecified atom stereocenters. The van der Waals surface area contributed by atoms with Gasteiger partial charge in [-0.1, -0.05) is 24.3 Å². The zero-order valence-corrected chi connectivity index (χ0v) is 16.5. The number of anilines is 1. The first-order valence-electron chi connectivity index (χ1n) is 9.31. The van der Waals surface area contributed by atoms with Gasteiger partial charge >= 0.3 is 6.09 Å². The molecule has 29 heavy (non-hydrogen) atoms. The van der Waals surface area contributed by atoms with E-state index < -0.39 is 22.3 Å². The lowest BCUT2D eigenvalue weighted by Gasteiger charge is -2.35. The maximum Gasteiger partial charge on any atom is 0.406 e. The second kappa shape index (κ2) is 7.97. The number of aromatic nitrogens is 1. The predicted molar refractivity (Wildman–Crippen MR) is 105 cm³/mol. The second-order valence-electron chi connectivity index (χ2n) is 6.81. The summed E-state index contributed by atoms with van der Waals surface area (Å²) >= 11 is 0. The molecule has 0 saturated carbocycles. The van der Waals surface area contributed by atoms with E-state index >= 15 is 0 Å². The Morgan fingerprint density at radius 3 is 2.59 bits per heavy atom. The fourth-order valence-electron chi connectivity index (χ4n) is 3.62. The summed E-state index contributed by atoms with van der Waals surface area (Å²) in [5.74, 6) is 0.696. The van der Waals surface area contributed by atoms with Gasteiger partial charge < -0.3 is 20.1 Å². The molecule has 2 N–H and O–H groups in total. The van der Waals surface area contributed by atoms with Crippen LogP contribution >= 0.6 is 0 Å². The van der Waals surface area contributed by atoms with Crippen molar-refractivity contribution in [3.63, 3.8) is 0 Å². The summed E-state index contributed by atoms with van der Waals surface area (Å²) in [7, 11) is -3.95. The zero-order valence-electron chi connectivity index (χ0n) is 15.7. The number of benzene rings is 1. The fourth-order valence-corrected chi connectivity index (χ4v) is 5.06. The summed E-state index contributed by atoms with van der Waals surface area (Å²) in [6.45, 7) is 2.80. The smallest absolute Gasteiger partial charge is 0.406 e. The molecular weight excluding hydrogens is 396 g/mol. The van der Waals surface area contributed by atoms with Gasteiger partial charge in [0.25, 0.3) is 0 Å². The molecule has 9 nitrogen and oxygen atoms in total. The van der Waals surface area contributed by atoms with Gasteiger partial charge in [0, 0.05) is 31.4 Å². The second-order valence-corrected chi connectivity index (χ2v) is 8.70. The Morgan fingerprint density at radius 1 is 1.14 bits per heavy atom. The minimum Gasteiger partial charge on any atom is -0.425 e. The number of primary amides is 1. The lowest BCUT2D eigenvalue weighted by molar-refractivity contribution is 0.0295. The summed E-state index contributed by atoms with van der Waals surface area (Å²) < 4.78 is 38.3. The first-order chi connectivity index (χ1) is 14.0. The molecule has 1 saturated heterocycles. The molecule has 1 aromatic carbocycles. The molecule has 2 aromatic rings. The van der Waals surface area contributed by atoms with E-state index in [-0.39, 0.29) is 11.4 Å². The Bertz CT molecular complexity index is 990. The third kappa shape index (κ3) is 3.91. The number of hydrogen-bond acceptors (Lipinski definition) is 7. The van der Waals surface area contributed by atoms with Crippen molar-refractivity contribution in [2.75, 3.05) is 37.7 Å². The molecule has 154 valence electrons. The molecule has 4 rings (SSSR count). The Kier molecular flexibility index (Phi) is 5.39. The van der Waals surface area contributed by atoms with Crippen LogP contribution in [0.2, 0.25) is 0 Å². The van der Waals surface area contributed by atoms with Crippen molar-refractivity contribution in [1.29, 1.82) is 0 Å². The molecule has 1 fully saturated rings. The Morgan fingerprint density at radius 2 is 1.90 bits per heavy atom. The highest BCUT2D eigenvalue weighted by atomic mass is 32.2. The molecule has 1 amide bonds. The molecule has 0 radical (unpaired) electrons. The van der Waals surface area contributed by atoms with E-state index in [0.717, 1.165) is 9.87 Å². The van der Waals surface area contributed by atoms with Crippen molar-refractivity contribution in [3.8, 4) is 0 Å². The lowest BCUT2D eigenvalue weighted by Crippen LogP contribution is -2.42. The number of fused-ring (bicyclic) bond motifs is 1. The highest BCUT2D eigenvalue weighted by molar-refractivity contribution is 7.89. The molecule has 0 bridgehead atoms. The van der Waals surface area contributed by atoms with Crippen LogP contribution in [0.4, 0.5) is 10.6 Å². The molecule has 2 aliphatic rings. The van der Waals surface area contributed by atoms with E-state index in [4.69, 9.17) is 15.2 Å². The summed E-state index contributed by atoms with van der Waals surface area (Å²) in [4.78, 5) is 17.9. The SMILES string of the molecule is NC(=O)O[C@H]1c2ccccc2CCN1S(=O)(=O)c1ccc(N2CCOCC2)nc1. The maximum atomic E-state index is 13.3. The van der Waals surface area contributed by atoms with E-state index in [1.54, 1.807) is 18.2 Å². The topological polar surface area (TPSA) is 115 Å². The van der Waals surface area contributed by atoms with E-state index in [1.807, 2.05) is 17.0 Å². The average Bonchev–Trinajstić information content (AvgIpc) is 2.74. The molecule has 10 heteroatoms. The highest BCUT2D eigenvalue weighted by Crippen LogP contribution is 2.35. The Hall–Kier alpha value is -2.69. The standard InChI is InChI=1S/C19H22N4O5S/c20-19(24)28-18-16-4-2-1-3-14(16)7-8-23(18)29(25,26)15-5-6-17(21-13-15)22-9-11-27-12-10-22/h1-6,13,18H,7-12H2,(H2,20,24)/t18-/m0/s1. The van der Waals surface area contributed by atoms with Crippen molar-refractivity contribution in [1.82, 2.24) is 9.29 Å². The highest BCUT2D eigenvalue weighted by Gasteiger charge is 2.38. The molecule has 0 aliphatic carbocycles. The number of morpholine rings is 1. The maximum absolute atomic E-state index is 13.3. The van der Waals surface area contributed by atoms with E-state index in [2.05, 4.69) is 4.98 Å². The zero-order chi connectivity index (χ0) is 20.4. The van der Waals surface area contributed by atoms with Crippen molar-refractivity contribution < 1.29 is 22.7 Å². The summed E-state index contributed by atoms with van der Waals surface area (Å²) in [6, 6.07) is 10.5. The number of hydrogen-bond donors (Lipinski definition) is 1. The van der Waals surface area contributed by atoms with Crippen molar-refractivity contribution in [3.05, 3.63) is 53.7 Å². The first kappa shape index (κ1) is 19.6. The minimum absolute atomic E-state index is 0.0342. The summed E-state index contributed by atoms with van der Waals surface area (Å²) in [5, 5.41) is 0. The summed E-state index contributed by atoms with van der Waals surface area (Å²) in [5.41, 5.74) is 6.75. The van der Waals surface area contributed by atoms with Crippen LogP contribution in [0, 0.1) is 0 Å². The van der Waals surface area contributed by atoms with Gasteiger partial charge in [0.1, 0.15) is 10.7 Å². The van der Waals surface area contributed by atoms with Crippen LogP contribution in [0.15, 0.2) is 47.5 Å². The molecule has 3 heterocycles. The van der Waals surface area contributed by atoms with Crippen molar-refractivity contribution in [2.24, 2.45) is 5.73 Å². The fraction of sp³-hybridized carbons (Fsp3) is 0.368. The van der Waals surface area contributed by atoms with Crippen LogP contribution in [0.1, 0.15) is 17.4 Å². The summed E-state index contributed by atoms with van der Waals surface area (Å²) in [6.07, 6.45) is -0.302. The number of carbonyl (C=O) groups is 1. The number of nitrogens with two attached hydrogens (primary N) is 1. The van der Waals surface area contributed by atoms with E-state index in [1.165, 1.54) is 12.3 Å². The van der Waals surface area contributed by atoms with Crippen LogP contribution in [-0.4, -0.2) is 56.6 Å². The third-order valence-corrected chi connectivity index (χ3v) is 6.90. The van der Waals surface area contributed by atoms with Crippen molar-refractivity contribution in [2.45, 2.75) is 17.5 Å². The van der Waals surface area contributed by atoms with Crippen LogP contribution in [0.3, 0.4) is 0 Å².